The summed E-state index contributed by atoms with van der Waals surface area (Å²) in [6.45, 7) is 0. The molecule has 0 N–H and O–H groups in total. The number of rotatable bonds is 10. The lowest BCUT2D eigenvalue weighted by Crippen LogP contribution is -2.11. The van der Waals surface area contributed by atoms with Crippen molar-refractivity contribution in [1.29, 1.82) is 0 Å². The Hall–Kier alpha value is -4.59. The minimum absolute atomic E-state index is 0.181. The fourth-order valence-corrected chi connectivity index (χ4v) is 3.94. The van der Waals surface area contributed by atoms with E-state index in [1.54, 1.807) is 52.8 Å². The van der Waals surface area contributed by atoms with E-state index in [1.807, 2.05) is 48.5 Å². The molecule has 0 amide bonds. The van der Waals surface area contributed by atoms with Crippen molar-refractivity contribution >= 4 is 22.5 Å². The van der Waals surface area contributed by atoms with Crippen molar-refractivity contribution < 1.29 is 28.6 Å². The molecular formula is C29H28N2O6. The highest BCUT2D eigenvalue weighted by atomic mass is 16.7. The van der Waals surface area contributed by atoms with E-state index in [0.29, 0.717) is 46.4 Å². The van der Waals surface area contributed by atoms with Gasteiger partial charge in [0.1, 0.15) is 11.4 Å². The first kappa shape index (κ1) is 25.5. The number of aromatic nitrogens is 1. The van der Waals surface area contributed by atoms with Crippen molar-refractivity contribution in [3.63, 3.8) is 0 Å². The van der Waals surface area contributed by atoms with Gasteiger partial charge in [-0.2, -0.15) is 0 Å². The van der Waals surface area contributed by atoms with Crippen LogP contribution in [0.1, 0.15) is 23.2 Å². The number of aryl methyl sites for hydroxylation is 1. The van der Waals surface area contributed by atoms with Crippen LogP contribution < -0.4 is 18.9 Å². The van der Waals surface area contributed by atoms with Crippen LogP contribution in [0.15, 0.2) is 78.1 Å². The SMILES string of the molecule is COc1ccc(/C(=N\OC(=O)CCc2ccccc2)c2nccc3cc(OC)c(OC)cc23)cc1OC. The van der Waals surface area contributed by atoms with Crippen LogP contribution in [-0.2, 0) is 16.1 Å². The van der Waals surface area contributed by atoms with Crippen molar-refractivity contribution in [3.8, 4) is 23.0 Å². The van der Waals surface area contributed by atoms with Crippen LogP contribution in [0.25, 0.3) is 10.8 Å². The van der Waals surface area contributed by atoms with Crippen LogP contribution in [0.4, 0.5) is 0 Å². The molecule has 0 aliphatic rings. The largest absolute Gasteiger partial charge is 0.493 e. The van der Waals surface area contributed by atoms with E-state index in [4.69, 9.17) is 23.8 Å². The Balaban J connectivity index is 1.77. The van der Waals surface area contributed by atoms with Crippen molar-refractivity contribution in [3.05, 3.63) is 89.7 Å². The van der Waals surface area contributed by atoms with Gasteiger partial charge in [0.25, 0.3) is 0 Å². The summed E-state index contributed by atoms with van der Waals surface area (Å²) in [5.41, 5.74) is 2.52. The third-order valence-corrected chi connectivity index (χ3v) is 5.85. The molecule has 1 heterocycles. The molecule has 0 saturated carbocycles. The number of pyridine rings is 1. The molecule has 0 aliphatic heterocycles. The average molecular weight is 501 g/mol. The van der Waals surface area contributed by atoms with Crippen molar-refractivity contribution in [1.82, 2.24) is 4.98 Å². The maximum Gasteiger partial charge on any atom is 0.335 e. The van der Waals surface area contributed by atoms with Crippen molar-refractivity contribution in [2.45, 2.75) is 12.8 Å². The predicted octanol–water partition coefficient (Wildman–Crippen LogP) is 5.20. The zero-order valence-electron chi connectivity index (χ0n) is 21.2. The molecule has 4 aromatic rings. The maximum atomic E-state index is 12.6. The van der Waals surface area contributed by atoms with E-state index < -0.39 is 5.97 Å². The highest BCUT2D eigenvalue weighted by Crippen LogP contribution is 2.35. The number of fused-ring (bicyclic) bond motifs is 1. The molecule has 4 rings (SSSR count). The molecule has 0 unspecified atom stereocenters. The maximum absolute atomic E-state index is 12.6. The molecule has 8 nitrogen and oxygen atoms in total. The smallest absolute Gasteiger partial charge is 0.335 e. The normalized spacial score (nSPS) is 11.2. The van der Waals surface area contributed by atoms with Gasteiger partial charge in [-0.3, -0.25) is 4.98 Å². The Morgan fingerprint density at radius 2 is 1.46 bits per heavy atom. The van der Waals surface area contributed by atoms with E-state index in [0.717, 1.165) is 16.3 Å². The molecular weight excluding hydrogens is 472 g/mol. The minimum Gasteiger partial charge on any atom is -0.493 e. The first-order valence-electron chi connectivity index (χ1n) is 11.6. The Morgan fingerprint density at radius 3 is 2.16 bits per heavy atom. The summed E-state index contributed by atoms with van der Waals surface area (Å²) < 4.78 is 21.8. The van der Waals surface area contributed by atoms with Crippen molar-refractivity contribution in [2.75, 3.05) is 28.4 Å². The quantitative estimate of drug-likeness (QED) is 0.168. The minimum atomic E-state index is -0.457. The van der Waals surface area contributed by atoms with E-state index in [2.05, 4.69) is 10.1 Å². The van der Waals surface area contributed by atoms with Gasteiger partial charge in [-0.15, -0.1) is 0 Å². The number of hydrogen-bond acceptors (Lipinski definition) is 8. The Kier molecular flexibility index (Phi) is 8.20. The summed E-state index contributed by atoms with van der Waals surface area (Å²) in [5.74, 6) is 1.73. The third-order valence-electron chi connectivity index (χ3n) is 5.85. The van der Waals surface area contributed by atoms with Crippen LogP contribution in [-0.4, -0.2) is 45.1 Å². The molecule has 190 valence electrons. The van der Waals surface area contributed by atoms with E-state index >= 15 is 0 Å². The van der Waals surface area contributed by atoms with Crippen LogP contribution in [0.2, 0.25) is 0 Å². The fourth-order valence-electron chi connectivity index (χ4n) is 3.94. The number of ether oxygens (including phenoxy) is 4. The third kappa shape index (κ3) is 5.81. The van der Waals surface area contributed by atoms with Gasteiger partial charge in [0.05, 0.1) is 34.9 Å². The lowest BCUT2D eigenvalue weighted by molar-refractivity contribution is -0.143. The number of hydrogen-bond donors (Lipinski definition) is 0. The van der Waals surface area contributed by atoms with E-state index in [9.17, 15) is 4.79 Å². The second-order valence-corrected chi connectivity index (χ2v) is 8.05. The van der Waals surface area contributed by atoms with E-state index in [-0.39, 0.29) is 6.42 Å². The van der Waals surface area contributed by atoms with Gasteiger partial charge in [0, 0.05) is 17.1 Å². The van der Waals surface area contributed by atoms with Gasteiger partial charge in [0.15, 0.2) is 23.0 Å². The second-order valence-electron chi connectivity index (χ2n) is 8.05. The number of benzene rings is 3. The Labute approximate surface area is 215 Å². The first-order valence-corrected chi connectivity index (χ1v) is 11.6. The standard InChI is InChI=1S/C29H28N2O6/c1-33-23-12-11-21(17-24(23)34-2)28(31-37-27(32)13-10-19-8-6-5-7-9-19)29-22-18-26(36-4)25(35-3)16-20(22)14-15-30-29/h5-9,11-12,14-18H,10,13H2,1-4H3/b31-28+. The zero-order chi connectivity index (χ0) is 26.2. The first-order chi connectivity index (χ1) is 18.1. The molecule has 8 heteroatoms. The van der Waals surface area contributed by atoms with Gasteiger partial charge in [-0.05, 0) is 53.8 Å². The van der Waals surface area contributed by atoms with Crippen LogP contribution >= 0.6 is 0 Å². The predicted molar refractivity (Wildman–Crippen MR) is 141 cm³/mol. The average Bonchev–Trinajstić information content (AvgIpc) is 2.95. The van der Waals surface area contributed by atoms with Gasteiger partial charge in [-0.25, -0.2) is 4.79 Å². The lowest BCUT2D eigenvalue weighted by Gasteiger charge is -2.14. The van der Waals surface area contributed by atoms with Crippen LogP contribution in [0.3, 0.4) is 0 Å². The summed E-state index contributed by atoms with van der Waals surface area (Å²) in [6, 6.07) is 20.6. The number of methoxy groups -OCH3 is 4. The van der Waals surface area contributed by atoms with Crippen LogP contribution in [0.5, 0.6) is 23.0 Å². The van der Waals surface area contributed by atoms with Gasteiger partial charge in [-0.1, -0.05) is 35.5 Å². The molecule has 0 atom stereocenters. The zero-order valence-corrected chi connectivity index (χ0v) is 21.2. The molecule has 0 fully saturated rings. The molecule has 0 spiro atoms. The summed E-state index contributed by atoms with van der Waals surface area (Å²) in [7, 11) is 6.26. The second kappa shape index (κ2) is 11.9. The van der Waals surface area contributed by atoms with Crippen LogP contribution in [0, 0.1) is 0 Å². The molecule has 1 aromatic heterocycles. The van der Waals surface area contributed by atoms with Gasteiger partial charge in [0.2, 0.25) is 0 Å². The van der Waals surface area contributed by atoms with Crippen molar-refractivity contribution in [2.24, 2.45) is 5.16 Å². The lowest BCUT2D eigenvalue weighted by atomic mass is 10.0. The Morgan fingerprint density at radius 1 is 0.784 bits per heavy atom. The monoisotopic (exact) mass is 500 g/mol. The molecule has 0 aliphatic carbocycles. The number of nitrogens with zero attached hydrogens (tertiary/aromatic N) is 2. The summed E-state index contributed by atoms with van der Waals surface area (Å²) in [4.78, 5) is 22.6. The van der Waals surface area contributed by atoms with Gasteiger partial charge >= 0.3 is 5.97 Å². The number of carbonyl (C=O) groups is 1. The molecule has 0 saturated heterocycles. The summed E-state index contributed by atoms with van der Waals surface area (Å²) >= 11 is 0. The molecule has 0 bridgehead atoms. The highest BCUT2D eigenvalue weighted by Gasteiger charge is 2.19. The summed E-state index contributed by atoms with van der Waals surface area (Å²) in [6.07, 6.45) is 2.39. The van der Waals surface area contributed by atoms with Gasteiger partial charge < -0.3 is 23.8 Å². The summed E-state index contributed by atoms with van der Waals surface area (Å²) in [5, 5.41) is 5.89. The fraction of sp³-hybridized carbons (Fsp3) is 0.207. The molecule has 3 aromatic carbocycles. The molecule has 0 radical (unpaired) electrons. The Bertz CT molecular complexity index is 1420. The topological polar surface area (TPSA) is 88.5 Å². The number of carbonyl (C=O) groups excluding carboxylic acids is 1. The number of oxime groups is 1. The molecule has 37 heavy (non-hydrogen) atoms. The highest BCUT2D eigenvalue weighted by molar-refractivity contribution is 6.18. The van der Waals surface area contributed by atoms with E-state index in [1.165, 1.54) is 0 Å².